The van der Waals surface area contributed by atoms with Gasteiger partial charge in [-0.15, -0.1) is 0 Å². The van der Waals surface area contributed by atoms with Gasteiger partial charge in [-0.2, -0.15) is 36.3 Å². The summed E-state index contributed by atoms with van der Waals surface area (Å²) in [6.45, 7) is 1.93. The van der Waals surface area contributed by atoms with Crippen LogP contribution < -0.4 is 20.5 Å². The molecule has 3 atom stereocenters. The second-order valence-corrected chi connectivity index (χ2v) is 11.6. The van der Waals surface area contributed by atoms with Crippen LogP contribution in [0.2, 0.25) is 5.02 Å². The largest absolute Gasteiger partial charge is 0.508 e. The molecule has 2 aromatic heterocycles. The Balaban J connectivity index is 1.62. The predicted molar refractivity (Wildman–Crippen MR) is 145 cm³/mol. The highest BCUT2D eigenvalue weighted by Gasteiger charge is 2.43. The van der Waals surface area contributed by atoms with Gasteiger partial charge in [0.1, 0.15) is 29.4 Å². The van der Waals surface area contributed by atoms with Crippen molar-refractivity contribution in [1.29, 1.82) is 0 Å². The van der Waals surface area contributed by atoms with Crippen LogP contribution in [0.15, 0.2) is 23.0 Å². The van der Waals surface area contributed by atoms with Gasteiger partial charge in [-0.05, 0) is 51.4 Å². The lowest BCUT2D eigenvalue weighted by molar-refractivity contribution is -0.144. The normalized spacial score (nSPS) is 23.0. The number of pyridine rings is 1. The number of nitrogens with one attached hydrogen (secondary N) is 1. The number of phenolic OH excluding ortho intramolecular Hbond substituents is 1. The van der Waals surface area contributed by atoms with E-state index >= 15 is 0 Å². The van der Waals surface area contributed by atoms with E-state index in [0.717, 1.165) is 32.2 Å². The second kappa shape index (κ2) is 10.7. The summed E-state index contributed by atoms with van der Waals surface area (Å²) in [4.78, 5) is 26.4. The number of hydrogen-bond donors (Lipinski definition) is 2. The number of rotatable bonds is 5. The van der Waals surface area contributed by atoms with Gasteiger partial charge in [-0.1, -0.05) is 11.6 Å². The highest BCUT2D eigenvalue weighted by Crippen LogP contribution is 2.43. The zero-order chi connectivity index (χ0) is 30.8. The fourth-order valence-corrected chi connectivity index (χ4v) is 6.56. The van der Waals surface area contributed by atoms with Crippen LogP contribution >= 0.6 is 11.6 Å². The summed E-state index contributed by atoms with van der Waals surface area (Å²) in [5.74, 6) is -0.825. The molecule has 0 aliphatic carbocycles. The van der Waals surface area contributed by atoms with Gasteiger partial charge in [-0.3, -0.25) is 9.36 Å². The molecule has 0 spiro atoms. The highest BCUT2D eigenvalue weighted by molar-refractivity contribution is 6.31. The van der Waals surface area contributed by atoms with E-state index in [1.54, 1.807) is 4.90 Å². The van der Waals surface area contributed by atoms with E-state index in [4.69, 9.17) is 16.3 Å². The molecule has 4 aliphatic heterocycles. The third-order valence-corrected chi connectivity index (χ3v) is 8.70. The summed E-state index contributed by atoms with van der Waals surface area (Å²) in [6, 6.07) is 1.18. The zero-order valence-corrected chi connectivity index (χ0v) is 23.5. The fourth-order valence-electron chi connectivity index (χ4n) is 6.25. The van der Waals surface area contributed by atoms with Crippen molar-refractivity contribution in [2.75, 3.05) is 38.2 Å². The molecule has 4 fully saturated rings. The number of phenols is 1. The van der Waals surface area contributed by atoms with Crippen LogP contribution in [0.5, 0.6) is 11.8 Å². The minimum absolute atomic E-state index is 0.0194. The summed E-state index contributed by atoms with van der Waals surface area (Å²) < 4.78 is 91.8. The molecule has 7 rings (SSSR count). The van der Waals surface area contributed by atoms with Gasteiger partial charge >= 0.3 is 18.4 Å². The minimum Gasteiger partial charge on any atom is -0.508 e. The Morgan fingerprint density at radius 1 is 1.09 bits per heavy atom. The minimum atomic E-state index is -5.30. The maximum absolute atomic E-state index is 14.6. The summed E-state index contributed by atoms with van der Waals surface area (Å²) in [6.07, 6.45) is -7.21. The average Bonchev–Trinajstić information content (AvgIpc) is 3.34. The van der Waals surface area contributed by atoms with Gasteiger partial charge < -0.3 is 25.0 Å². The van der Waals surface area contributed by atoms with Gasteiger partial charge in [0.15, 0.2) is 0 Å². The Hall–Kier alpha value is -3.30. The third kappa shape index (κ3) is 5.46. The molecule has 9 nitrogen and oxygen atoms in total. The van der Waals surface area contributed by atoms with Gasteiger partial charge in [0, 0.05) is 37.3 Å². The van der Waals surface area contributed by atoms with Gasteiger partial charge in [0.2, 0.25) is 0 Å². The smallest absolute Gasteiger partial charge is 0.431 e. The first kappa shape index (κ1) is 29.8. The van der Waals surface area contributed by atoms with Crippen molar-refractivity contribution in [3.8, 4) is 17.4 Å². The van der Waals surface area contributed by atoms with Crippen molar-refractivity contribution in [2.45, 2.75) is 56.2 Å². The molecule has 4 saturated heterocycles. The number of anilines is 1. The first-order valence-corrected chi connectivity index (χ1v) is 14.1. The van der Waals surface area contributed by atoms with E-state index in [2.05, 4.69) is 20.2 Å². The van der Waals surface area contributed by atoms with Crippen LogP contribution in [0.25, 0.3) is 16.6 Å². The van der Waals surface area contributed by atoms with Crippen LogP contribution in [-0.2, 0) is 12.4 Å². The van der Waals surface area contributed by atoms with Crippen LogP contribution in [0.1, 0.15) is 36.9 Å². The van der Waals surface area contributed by atoms with Crippen molar-refractivity contribution >= 4 is 28.3 Å². The molecule has 0 radical (unpaired) electrons. The number of aromatic hydroxyl groups is 1. The molecule has 2 unspecified atom stereocenters. The molecule has 232 valence electrons. The maximum Gasteiger partial charge on any atom is 0.431 e. The number of likely N-dealkylation sites (tertiary alicyclic amines) is 1. The monoisotopic (exact) mass is 632 g/mol. The number of likely N-dealkylation sites (N-methyl/N-ethyl adjacent to an activating group) is 1. The SMILES string of the molecule is CN1CCC[C@H]1COc1nc(N2CC3CCC2CN3)c2cc(C(F)(F)F)n(-c3cc(O)cc(Cl)c3C(F)(F)F)c(=O)c2n1. The Kier molecular flexibility index (Phi) is 7.40. The number of fused-ring (bicyclic) bond motifs is 4. The summed E-state index contributed by atoms with van der Waals surface area (Å²) in [5.41, 5.74) is -6.76. The molecule has 2 N–H and O–H groups in total. The molecule has 6 heterocycles. The quantitative estimate of drug-likeness (QED) is 0.395. The van der Waals surface area contributed by atoms with Crippen molar-refractivity contribution in [3.05, 3.63) is 44.8 Å². The molecule has 0 amide bonds. The number of halogens is 7. The lowest BCUT2D eigenvalue weighted by atomic mass is 9.93. The predicted octanol–water partition coefficient (Wildman–Crippen LogP) is 4.59. The number of benzene rings is 1. The number of piperidine rings is 2. The van der Waals surface area contributed by atoms with Gasteiger partial charge in [0.25, 0.3) is 5.56 Å². The molecule has 4 aliphatic rings. The van der Waals surface area contributed by atoms with E-state index < -0.39 is 51.1 Å². The van der Waals surface area contributed by atoms with Crippen LogP contribution in [0.3, 0.4) is 0 Å². The fraction of sp³-hybridized carbons (Fsp3) is 0.519. The molecule has 2 bridgehead atoms. The number of aromatic nitrogens is 3. The Bertz CT molecular complexity index is 1620. The standard InChI is InChI=1S/C27H27ClF6N6O3/c1-38-6-2-3-15(38)12-43-25-36-22-17(23(37-25)39-11-13-4-5-14(39)10-35-13)9-20(26(29,30)31)40(24(22)42)19-8-16(41)7-18(28)21(19)27(32,33)34/h7-9,13-15,35,41H,2-6,10-12H2,1H3/t13?,14?,15-/m0/s1. The molecule has 3 aromatic rings. The summed E-state index contributed by atoms with van der Waals surface area (Å²) >= 11 is 5.77. The van der Waals surface area contributed by atoms with Crippen molar-refractivity contribution in [1.82, 2.24) is 24.8 Å². The van der Waals surface area contributed by atoms with E-state index in [-0.39, 0.29) is 46.5 Å². The van der Waals surface area contributed by atoms with Gasteiger partial charge in [-0.25, -0.2) is 0 Å². The molecule has 1 aromatic carbocycles. The zero-order valence-electron chi connectivity index (χ0n) is 22.8. The molecular weight excluding hydrogens is 606 g/mol. The highest BCUT2D eigenvalue weighted by atomic mass is 35.5. The first-order valence-electron chi connectivity index (χ1n) is 13.7. The Morgan fingerprint density at radius 3 is 2.44 bits per heavy atom. The topological polar surface area (TPSA) is 95.8 Å². The van der Waals surface area contributed by atoms with Crippen molar-refractivity contribution in [3.63, 3.8) is 0 Å². The number of alkyl halides is 6. The van der Waals surface area contributed by atoms with Crippen LogP contribution in [-0.4, -0.2) is 76.0 Å². The maximum atomic E-state index is 14.6. The van der Waals surface area contributed by atoms with E-state index in [1.165, 1.54) is 0 Å². The number of hydrogen-bond acceptors (Lipinski definition) is 8. The van der Waals surface area contributed by atoms with Crippen LogP contribution in [0.4, 0.5) is 32.2 Å². The van der Waals surface area contributed by atoms with E-state index in [9.17, 15) is 36.2 Å². The summed E-state index contributed by atoms with van der Waals surface area (Å²) in [7, 11) is 1.92. The summed E-state index contributed by atoms with van der Waals surface area (Å²) in [5, 5.41) is 12.0. The number of nitrogens with zero attached hydrogens (tertiary/aromatic N) is 5. The first-order chi connectivity index (χ1) is 20.2. The average molecular weight is 633 g/mol. The molecule has 43 heavy (non-hydrogen) atoms. The lowest BCUT2D eigenvalue weighted by Gasteiger charge is -2.46. The Morgan fingerprint density at radius 2 is 1.86 bits per heavy atom. The van der Waals surface area contributed by atoms with Crippen LogP contribution in [0, 0.1) is 0 Å². The Labute approximate surface area is 246 Å². The second-order valence-electron chi connectivity index (χ2n) is 11.2. The van der Waals surface area contributed by atoms with Gasteiger partial charge in [0.05, 0.1) is 21.7 Å². The lowest BCUT2D eigenvalue weighted by Crippen LogP contribution is -2.61. The van der Waals surface area contributed by atoms with Crippen molar-refractivity contribution in [2.24, 2.45) is 0 Å². The number of piperazine rings is 1. The molecule has 0 saturated carbocycles. The molecular formula is C27H27ClF6N6O3. The number of ether oxygens (including phenoxy) is 1. The molecule has 16 heteroatoms. The van der Waals surface area contributed by atoms with E-state index in [1.807, 2.05) is 7.05 Å². The van der Waals surface area contributed by atoms with Crippen molar-refractivity contribution < 1.29 is 36.2 Å². The van der Waals surface area contributed by atoms with E-state index in [0.29, 0.717) is 31.3 Å². The third-order valence-electron chi connectivity index (χ3n) is 8.40.